The van der Waals surface area contributed by atoms with Gasteiger partial charge >= 0.3 is 0 Å². The van der Waals surface area contributed by atoms with Gasteiger partial charge in [0.05, 0.1) is 0 Å². The van der Waals surface area contributed by atoms with E-state index >= 15 is 0 Å². The van der Waals surface area contributed by atoms with Crippen LogP contribution in [0.25, 0.3) is 0 Å². The van der Waals surface area contributed by atoms with E-state index in [0.29, 0.717) is 11.3 Å². The average Bonchev–Trinajstić information content (AvgIpc) is 3.01. The van der Waals surface area contributed by atoms with E-state index in [0.717, 1.165) is 32.5 Å². The minimum atomic E-state index is 0. The van der Waals surface area contributed by atoms with E-state index in [-0.39, 0.29) is 24.2 Å². The van der Waals surface area contributed by atoms with E-state index in [1.807, 2.05) is 0 Å². The molecule has 4 heteroatoms. The molecule has 0 aromatic rings. The summed E-state index contributed by atoms with van der Waals surface area (Å²) >= 11 is 0. The summed E-state index contributed by atoms with van der Waals surface area (Å²) in [4.78, 5) is 11.9. The van der Waals surface area contributed by atoms with Crippen molar-refractivity contribution < 1.29 is 4.79 Å². The van der Waals surface area contributed by atoms with Crippen LogP contribution in [0, 0.1) is 17.3 Å². The molecule has 1 aliphatic heterocycles. The highest BCUT2D eigenvalue weighted by Crippen LogP contribution is 2.54. The van der Waals surface area contributed by atoms with Gasteiger partial charge in [-0.05, 0) is 50.1 Å². The molecule has 17 heavy (non-hydrogen) atoms. The molecule has 1 aliphatic carbocycles. The Balaban J connectivity index is 0.00000144. The van der Waals surface area contributed by atoms with Crippen LogP contribution in [-0.4, -0.2) is 25.5 Å². The predicted octanol–water partition coefficient (Wildman–Crippen LogP) is 1.96. The number of hydrogen-bond donors (Lipinski definition) is 2. The molecule has 0 aromatic carbocycles. The molecule has 1 heterocycles. The topological polar surface area (TPSA) is 41.1 Å². The van der Waals surface area contributed by atoms with Crippen LogP contribution in [0.15, 0.2) is 0 Å². The van der Waals surface area contributed by atoms with Gasteiger partial charge < -0.3 is 10.6 Å². The van der Waals surface area contributed by atoms with E-state index < -0.39 is 0 Å². The lowest BCUT2D eigenvalue weighted by Crippen LogP contribution is -2.39. The second-order valence-corrected chi connectivity index (χ2v) is 5.72. The third-order valence-corrected chi connectivity index (χ3v) is 4.44. The summed E-state index contributed by atoms with van der Waals surface area (Å²) in [6, 6.07) is 0. The number of rotatable bonds is 4. The number of nitrogens with one attached hydrogen (secondary N) is 2. The summed E-state index contributed by atoms with van der Waals surface area (Å²) in [5.74, 6) is 1.22. The average molecular weight is 261 g/mol. The molecule has 1 saturated heterocycles. The van der Waals surface area contributed by atoms with Crippen molar-refractivity contribution >= 4 is 18.3 Å². The fourth-order valence-electron chi connectivity index (χ4n) is 2.67. The number of halogens is 1. The van der Waals surface area contributed by atoms with Crippen LogP contribution in [0.3, 0.4) is 0 Å². The van der Waals surface area contributed by atoms with Gasteiger partial charge in [0, 0.05) is 12.5 Å². The van der Waals surface area contributed by atoms with Gasteiger partial charge in [-0.25, -0.2) is 0 Å². The Morgan fingerprint density at radius 1 is 1.53 bits per heavy atom. The van der Waals surface area contributed by atoms with Crippen molar-refractivity contribution in [1.82, 2.24) is 10.6 Å². The quantitative estimate of drug-likeness (QED) is 0.811. The van der Waals surface area contributed by atoms with Gasteiger partial charge in [0.2, 0.25) is 5.91 Å². The van der Waals surface area contributed by atoms with Crippen molar-refractivity contribution in [3.63, 3.8) is 0 Å². The van der Waals surface area contributed by atoms with Gasteiger partial charge in [0.15, 0.2) is 0 Å². The Hall–Kier alpha value is -0.280. The van der Waals surface area contributed by atoms with E-state index in [2.05, 4.69) is 24.5 Å². The molecule has 3 nitrogen and oxygen atoms in total. The Morgan fingerprint density at radius 2 is 2.29 bits per heavy atom. The summed E-state index contributed by atoms with van der Waals surface area (Å²) in [6.45, 7) is 7.47. The highest BCUT2D eigenvalue weighted by atomic mass is 35.5. The summed E-state index contributed by atoms with van der Waals surface area (Å²) in [5.41, 5.74) is 0.300. The molecule has 1 amide bonds. The second-order valence-electron chi connectivity index (χ2n) is 5.72. The maximum absolute atomic E-state index is 11.9. The Labute approximate surface area is 111 Å². The molecule has 3 unspecified atom stereocenters. The number of amides is 1. The van der Waals surface area contributed by atoms with Crippen LogP contribution in [0.2, 0.25) is 0 Å². The lowest BCUT2D eigenvalue weighted by molar-refractivity contribution is -0.123. The zero-order valence-corrected chi connectivity index (χ0v) is 11.7. The van der Waals surface area contributed by atoms with Crippen molar-refractivity contribution in [1.29, 1.82) is 0 Å². The largest absolute Gasteiger partial charge is 0.356 e. The molecule has 2 aliphatic rings. The maximum atomic E-state index is 11.9. The minimum Gasteiger partial charge on any atom is -0.356 e. The highest BCUT2D eigenvalue weighted by molar-refractivity contribution is 5.85. The van der Waals surface area contributed by atoms with Crippen LogP contribution >= 0.6 is 12.4 Å². The van der Waals surface area contributed by atoms with Crippen LogP contribution < -0.4 is 10.6 Å². The third kappa shape index (κ3) is 3.59. The summed E-state index contributed by atoms with van der Waals surface area (Å²) < 4.78 is 0. The van der Waals surface area contributed by atoms with Crippen LogP contribution in [0.1, 0.15) is 39.5 Å². The van der Waals surface area contributed by atoms with E-state index in [1.165, 1.54) is 12.8 Å². The van der Waals surface area contributed by atoms with Crippen molar-refractivity contribution in [2.24, 2.45) is 17.3 Å². The van der Waals surface area contributed by atoms with Crippen molar-refractivity contribution in [3.8, 4) is 0 Å². The Kier molecular flexibility index (Phi) is 5.26. The zero-order chi connectivity index (χ0) is 11.6. The lowest BCUT2D eigenvalue weighted by atomic mass is 9.99. The number of hydrogen-bond acceptors (Lipinski definition) is 2. The minimum absolute atomic E-state index is 0. The first-order chi connectivity index (χ1) is 7.65. The lowest BCUT2D eigenvalue weighted by Gasteiger charge is -2.23. The maximum Gasteiger partial charge on any atom is 0.223 e. The van der Waals surface area contributed by atoms with E-state index in [9.17, 15) is 4.79 Å². The molecule has 1 saturated carbocycles. The smallest absolute Gasteiger partial charge is 0.223 e. The molecular formula is C13H25ClN2O. The third-order valence-electron chi connectivity index (χ3n) is 4.44. The molecule has 0 radical (unpaired) electrons. The molecule has 100 valence electrons. The van der Waals surface area contributed by atoms with Gasteiger partial charge in [-0.3, -0.25) is 4.79 Å². The van der Waals surface area contributed by atoms with Gasteiger partial charge in [0.1, 0.15) is 0 Å². The monoisotopic (exact) mass is 260 g/mol. The zero-order valence-electron chi connectivity index (χ0n) is 10.9. The SMILES string of the molecule is CCC1(C)CC1C(=O)NCC1CCCNC1.Cl. The van der Waals surface area contributed by atoms with Gasteiger partial charge in [0.25, 0.3) is 0 Å². The first-order valence-corrected chi connectivity index (χ1v) is 6.64. The normalized spacial score (nSPS) is 35.9. The van der Waals surface area contributed by atoms with E-state index in [4.69, 9.17) is 0 Å². The van der Waals surface area contributed by atoms with Gasteiger partial charge in [-0.1, -0.05) is 13.8 Å². The molecule has 0 bridgehead atoms. The first-order valence-electron chi connectivity index (χ1n) is 6.64. The van der Waals surface area contributed by atoms with Crippen LogP contribution in [-0.2, 0) is 4.79 Å². The van der Waals surface area contributed by atoms with Crippen LogP contribution in [0.4, 0.5) is 0 Å². The Morgan fingerprint density at radius 3 is 2.82 bits per heavy atom. The van der Waals surface area contributed by atoms with Gasteiger partial charge in [-0.2, -0.15) is 0 Å². The van der Waals surface area contributed by atoms with Crippen molar-refractivity contribution in [2.45, 2.75) is 39.5 Å². The van der Waals surface area contributed by atoms with Crippen molar-refractivity contribution in [2.75, 3.05) is 19.6 Å². The molecule has 0 aromatic heterocycles. The number of carbonyl (C=O) groups is 1. The fourth-order valence-corrected chi connectivity index (χ4v) is 2.67. The second kappa shape index (κ2) is 6.05. The molecule has 3 atom stereocenters. The first kappa shape index (κ1) is 14.8. The summed E-state index contributed by atoms with van der Waals surface area (Å²) in [6.07, 6.45) is 4.70. The van der Waals surface area contributed by atoms with Gasteiger partial charge in [-0.15, -0.1) is 12.4 Å². The summed E-state index contributed by atoms with van der Waals surface area (Å²) in [7, 11) is 0. The van der Waals surface area contributed by atoms with Crippen molar-refractivity contribution in [3.05, 3.63) is 0 Å². The molecule has 0 spiro atoms. The number of piperidine rings is 1. The fraction of sp³-hybridized carbons (Fsp3) is 0.923. The molecule has 2 rings (SSSR count). The Bertz CT molecular complexity index is 266. The summed E-state index contributed by atoms with van der Waals surface area (Å²) in [5, 5.41) is 6.50. The number of carbonyl (C=O) groups excluding carboxylic acids is 1. The molecule has 2 fully saturated rings. The van der Waals surface area contributed by atoms with Crippen LogP contribution in [0.5, 0.6) is 0 Å². The molecular weight excluding hydrogens is 236 g/mol. The standard InChI is InChI=1S/C13H24N2O.ClH/c1-3-13(2)7-11(13)12(16)15-9-10-5-4-6-14-8-10;/h10-11,14H,3-9H2,1-2H3,(H,15,16);1H. The molecule has 2 N–H and O–H groups in total. The predicted molar refractivity (Wildman–Crippen MR) is 72.4 cm³/mol. The van der Waals surface area contributed by atoms with E-state index in [1.54, 1.807) is 0 Å². The highest BCUT2D eigenvalue weighted by Gasteiger charge is 2.52.